The SMILES string of the molecule is CCCCCCCCCCCC(=O)OCCC(CCOC(=O)C(CCCCCCCC)CCCCCCCC)COC(=O)CCCCN(CC)CC. The molecule has 0 aromatic rings. The predicted octanol–water partition coefficient (Wildman–Crippen LogP) is 12.6. The summed E-state index contributed by atoms with van der Waals surface area (Å²) in [5.41, 5.74) is 0. The summed E-state index contributed by atoms with van der Waals surface area (Å²) in [7, 11) is 0. The third kappa shape index (κ3) is 33.0. The van der Waals surface area contributed by atoms with Crippen molar-refractivity contribution in [2.24, 2.45) is 11.8 Å². The molecule has 0 radical (unpaired) electrons. The molecule has 0 aliphatic rings. The molecule has 0 aliphatic heterocycles. The maximum absolute atomic E-state index is 13.3. The number of unbranched alkanes of at least 4 members (excludes halogenated alkanes) is 19. The molecule has 52 heavy (non-hydrogen) atoms. The zero-order valence-electron chi connectivity index (χ0n) is 35.3. The Kier molecular flexibility index (Phi) is 37.8. The van der Waals surface area contributed by atoms with Crippen molar-refractivity contribution in [1.29, 1.82) is 0 Å². The molecule has 7 heteroatoms. The molecule has 0 aromatic carbocycles. The third-order valence-electron chi connectivity index (χ3n) is 10.7. The van der Waals surface area contributed by atoms with Crippen LogP contribution in [0.2, 0.25) is 0 Å². The Labute approximate surface area is 322 Å². The van der Waals surface area contributed by atoms with E-state index in [0.717, 1.165) is 71.0 Å². The number of nitrogens with zero attached hydrogens (tertiary/aromatic N) is 1. The Morgan fingerprint density at radius 3 is 1.33 bits per heavy atom. The highest BCUT2D eigenvalue weighted by molar-refractivity contribution is 5.72. The monoisotopic (exact) mass is 738 g/mol. The molecule has 0 aliphatic carbocycles. The van der Waals surface area contributed by atoms with E-state index in [1.54, 1.807) is 0 Å². The smallest absolute Gasteiger partial charge is 0.308 e. The quantitative estimate of drug-likeness (QED) is 0.0352. The number of esters is 3. The van der Waals surface area contributed by atoms with Gasteiger partial charge in [0.25, 0.3) is 0 Å². The summed E-state index contributed by atoms with van der Waals surface area (Å²) in [6.07, 6.45) is 31.2. The number of carbonyl (C=O) groups is 3. The summed E-state index contributed by atoms with van der Waals surface area (Å²) in [4.78, 5) is 40.7. The number of ether oxygens (including phenoxy) is 3. The molecule has 308 valence electrons. The Bertz CT molecular complexity index is 785. The second kappa shape index (κ2) is 39.1. The van der Waals surface area contributed by atoms with Crippen molar-refractivity contribution >= 4 is 17.9 Å². The first kappa shape index (κ1) is 50.4. The number of hydrogen-bond acceptors (Lipinski definition) is 7. The molecule has 0 spiro atoms. The fraction of sp³-hybridized carbons (Fsp3) is 0.933. The topological polar surface area (TPSA) is 82.1 Å². The van der Waals surface area contributed by atoms with Crippen molar-refractivity contribution in [3.05, 3.63) is 0 Å². The summed E-state index contributed by atoms with van der Waals surface area (Å²) in [6.45, 7) is 15.0. The Hall–Kier alpha value is -1.63. The van der Waals surface area contributed by atoms with Gasteiger partial charge >= 0.3 is 17.9 Å². The fourth-order valence-corrected chi connectivity index (χ4v) is 6.90. The third-order valence-corrected chi connectivity index (χ3v) is 10.7. The van der Waals surface area contributed by atoms with Gasteiger partial charge < -0.3 is 19.1 Å². The van der Waals surface area contributed by atoms with Crippen molar-refractivity contribution < 1.29 is 28.6 Å². The minimum absolute atomic E-state index is 0.0245. The van der Waals surface area contributed by atoms with Crippen LogP contribution in [0, 0.1) is 11.8 Å². The summed E-state index contributed by atoms with van der Waals surface area (Å²) in [5, 5.41) is 0. The average molecular weight is 738 g/mol. The van der Waals surface area contributed by atoms with Crippen LogP contribution in [0.4, 0.5) is 0 Å². The normalized spacial score (nSPS) is 12.1. The maximum atomic E-state index is 13.3. The number of carbonyl (C=O) groups excluding carboxylic acids is 3. The Morgan fingerprint density at radius 1 is 0.442 bits per heavy atom. The highest BCUT2D eigenvalue weighted by Crippen LogP contribution is 2.22. The molecule has 0 saturated carbocycles. The molecule has 0 heterocycles. The fourth-order valence-electron chi connectivity index (χ4n) is 6.90. The van der Waals surface area contributed by atoms with Crippen molar-refractivity contribution in [1.82, 2.24) is 4.90 Å². The van der Waals surface area contributed by atoms with Crippen LogP contribution in [0.3, 0.4) is 0 Å². The molecule has 0 fully saturated rings. The van der Waals surface area contributed by atoms with Crippen LogP contribution in [0.1, 0.15) is 221 Å². The van der Waals surface area contributed by atoms with Crippen LogP contribution in [0.25, 0.3) is 0 Å². The molecule has 0 saturated heterocycles. The molecular weight excluding hydrogens is 650 g/mol. The lowest BCUT2D eigenvalue weighted by Crippen LogP contribution is -2.24. The lowest BCUT2D eigenvalue weighted by atomic mass is 9.94. The standard InChI is InChI=1S/C45H87NO6/c1-6-11-14-17-20-21-22-25-28-33-43(47)50-38-35-41(40-52-44(48)34-29-30-37-46(9-4)10-5)36-39-51-45(49)42(31-26-23-18-15-12-7-2)32-27-24-19-16-13-8-3/h41-42H,6-40H2,1-5H3. The molecular formula is C45H87NO6. The largest absolute Gasteiger partial charge is 0.466 e. The van der Waals surface area contributed by atoms with E-state index in [-0.39, 0.29) is 36.4 Å². The molecule has 0 N–H and O–H groups in total. The minimum atomic E-state index is -0.179. The van der Waals surface area contributed by atoms with Gasteiger partial charge in [0.05, 0.1) is 25.7 Å². The van der Waals surface area contributed by atoms with Gasteiger partial charge in [0.1, 0.15) is 0 Å². The van der Waals surface area contributed by atoms with Crippen LogP contribution < -0.4 is 0 Å². The van der Waals surface area contributed by atoms with Gasteiger partial charge in [-0.1, -0.05) is 163 Å². The van der Waals surface area contributed by atoms with Gasteiger partial charge in [0.2, 0.25) is 0 Å². The highest BCUT2D eigenvalue weighted by Gasteiger charge is 2.21. The summed E-state index contributed by atoms with van der Waals surface area (Å²) in [6, 6.07) is 0. The predicted molar refractivity (Wildman–Crippen MR) is 219 cm³/mol. The van der Waals surface area contributed by atoms with E-state index in [0.29, 0.717) is 38.9 Å². The maximum Gasteiger partial charge on any atom is 0.308 e. The second-order valence-corrected chi connectivity index (χ2v) is 15.4. The van der Waals surface area contributed by atoms with E-state index < -0.39 is 0 Å². The molecule has 7 nitrogen and oxygen atoms in total. The van der Waals surface area contributed by atoms with Crippen LogP contribution >= 0.6 is 0 Å². The molecule has 1 atom stereocenters. The lowest BCUT2D eigenvalue weighted by Gasteiger charge is -2.20. The van der Waals surface area contributed by atoms with Gasteiger partial charge in [-0.3, -0.25) is 14.4 Å². The summed E-state index contributed by atoms with van der Waals surface area (Å²) in [5.74, 6) is -0.457. The van der Waals surface area contributed by atoms with Gasteiger partial charge in [0.15, 0.2) is 0 Å². The molecule has 0 aromatic heterocycles. The van der Waals surface area contributed by atoms with E-state index in [2.05, 4.69) is 39.5 Å². The summed E-state index contributed by atoms with van der Waals surface area (Å²) >= 11 is 0. The van der Waals surface area contributed by atoms with Gasteiger partial charge in [-0.15, -0.1) is 0 Å². The molecule has 0 rings (SSSR count). The van der Waals surface area contributed by atoms with Crippen molar-refractivity contribution in [3.8, 4) is 0 Å². The lowest BCUT2D eigenvalue weighted by molar-refractivity contribution is -0.151. The average Bonchev–Trinajstić information content (AvgIpc) is 3.14. The molecule has 1 unspecified atom stereocenters. The van der Waals surface area contributed by atoms with Crippen molar-refractivity contribution in [3.63, 3.8) is 0 Å². The van der Waals surface area contributed by atoms with Crippen LogP contribution in [-0.2, 0) is 28.6 Å². The van der Waals surface area contributed by atoms with E-state index in [9.17, 15) is 14.4 Å². The van der Waals surface area contributed by atoms with Crippen molar-refractivity contribution in [2.75, 3.05) is 39.5 Å². The van der Waals surface area contributed by atoms with Crippen LogP contribution in [0.5, 0.6) is 0 Å². The second-order valence-electron chi connectivity index (χ2n) is 15.4. The van der Waals surface area contributed by atoms with Gasteiger partial charge in [0, 0.05) is 12.8 Å². The van der Waals surface area contributed by atoms with Gasteiger partial charge in [-0.05, 0) is 70.5 Å². The zero-order chi connectivity index (χ0) is 38.3. The first-order chi connectivity index (χ1) is 25.4. The summed E-state index contributed by atoms with van der Waals surface area (Å²) < 4.78 is 17.2. The van der Waals surface area contributed by atoms with E-state index in [1.165, 1.54) is 109 Å². The zero-order valence-corrected chi connectivity index (χ0v) is 35.3. The van der Waals surface area contributed by atoms with E-state index in [1.807, 2.05) is 0 Å². The number of rotatable bonds is 40. The number of hydrogen-bond donors (Lipinski definition) is 0. The molecule has 0 bridgehead atoms. The van der Waals surface area contributed by atoms with E-state index in [4.69, 9.17) is 14.2 Å². The Balaban J connectivity index is 4.88. The van der Waals surface area contributed by atoms with Crippen LogP contribution in [-0.4, -0.2) is 62.3 Å². The molecule has 0 amide bonds. The first-order valence-electron chi connectivity index (χ1n) is 22.6. The van der Waals surface area contributed by atoms with Gasteiger partial charge in [-0.25, -0.2) is 0 Å². The Morgan fingerprint density at radius 2 is 0.846 bits per heavy atom. The highest BCUT2D eigenvalue weighted by atomic mass is 16.5. The van der Waals surface area contributed by atoms with E-state index >= 15 is 0 Å². The van der Waals surface area contributed by atoms with Crippen LogP contribution in [0.15, 0.2) is 0 Å². The van der Waals surface area contributed by atoms with Crippen molar-refractivity contribution in [2.45, 2.75) is 221 Å². The minimum Gasteiger partial charge on any atom is -0.466 e. The first-order valence-corrected chi connectivity index (χ1v) is 22.6. The van der Waals surface area contributed by atoms with Gasteiger partial charge in [-0.2, -0.15) is 0 Å².